The van der Waals surface area contributed by atoms with Crippen molar-refractivity contribution < 1.29 is 9.53 Å². The number of benzene rings is 1. The minimum absolute atomic E-state index is 0.147. The first kappa shape index (κ1) is 18.5. The molecule has 1 aromatic carbocycles. The van der Waals surface area contributed by atoms with Gasteiger partial charge in [0.15, 0.2) is 11.5 Å². The topological polar surface area (TPSA) is 81.4 Å². The van der Waals surface area contributed by atoms with Gasteiger partial charge >= 0.3 is 0 Å². The van der Waals surface area contributed by atoms with E-state index >= 15 is 0 Å². The van der Waals surface area contributed by atoms with Gasteiger partial charge in [-0.1, -0.05) is 37.2 Å². The van der Waals surface area contributed by atoms with Gasteiger partial charge in [-0.05, 0) is 30.3 Å². The number of hydrogen-bond acceptors (Lipinski definition) is 6. The number of rotatable bonds is 6. The number of anilines is 1. The summed E-state index contributed by atoms with van der Waals surface area (Å²) in [6.45, 7) is 4.07. The molecule has 3 aromatic rings. The highest BCUT2D eigenvalue weighted by atomic mass is 35.5. The number of halogens is 1. The van der Waals surface area contributed by atoms with Gasteiger partial charge in [-0.3, -0.25) is 4.79 Å². The predicted octanol–water partition coefficient (Wildman–Crippen LogP) is 3.64. The summed E-state index contributed by atoms with van der Waals surface area (Å²) < 4.78 is 6.81. The van der Waals surface area contributed by atoms with Crippen molar-refractivity contribution >= 4 is 40.6 Å². The van der Waals surface area contributed by atoms with Crippen molar-refractivity contribution in [1.29, 1.82) is 0 Å². The quantitative estimate of drug-likeness (QED) is 0.646. The van der Waals surface area contributed by atoms with E-state index in [9.17, 15) is 4.79 Å². The van der Waals surface area contributed by atoms with Gasteiger partial charge in [0.05, 0.1) is 17.9 Å². The standard InChI is InChI=1S/C17H18ClN5O2S/c1-10(2)17-21-20-14-6-7-16(22-23(14)17)26-9-15(24)19-11-4-5-13(25-3)12(18)8-11/h4-8,10H,9H2,1-3H3,(H,19,24). The molecule has 0 fully saturated rings. The Labute approximate surface area is 160 Å². The van der Waals surface area contributed by atoms with E-state index in [0.717, 1.165) is 10.9 Å². The fourth-order valence-electron chi connectivity index (χ4n) is 2.31. The Morgan fingerprint density at radius 3 is 2.81 bits per heavy atom. The van der Waals surface area contributed by atoms with Crippen LogP contribution in [0.25, 0.3) is 5.65 Å². The summed E-state index contributed by atoms with van der Waals surface area (Å²) in [4.78, 5) is 12.2. The smallest absolute Gasteiger partial charge is 0.234 e. The van der Waals surface area contributed by atoms with E-state index in [2.05, 4.69) is 20.6 Å². The minimum Gasteiger partial charge on any atom is -0.495 e. The number of nitrogens with one attached hydrogen (secondary N) is 1. The second-order valence-electron chi connectivity index (χ2n) is 5.84. The molecule has 0 atom stereocenters. The molecule has 9 heteroatoms. The summed E-state index contributed by atoms with van der Waals surface area (Å²) in [5.41, 5.74) is 1.31. The summed E-state index contributed by atoms with van der Waals surface area (Å²) >= 11 is 7.41. The molecule has 0 saturated carbocycles. The lowest BCUT2D eigenvalue weighted by Gasteiger charge is -2.08. The van der Waals surface area contributed by atoms with Crippen LogP contribution in [0.5, 0.6) is 5.75 Å². The molecule has 0 aliphatic rings. The van der Waals surface area contributed by atoms with Crippen LogP contribution in [0, 0.1) is 0 Å². The van der Waals surface area contributed by atoms with Crippen LogP contribution in [-0.2, 0) is 4.79 Å². The number of ether oxygens (including phenoxy) is 1. The van der Waals surface area contributed by atoms with Crippen LogP contribution in [-0.4, -0.2) is 38.6 Å². The Hall–Kier alpha value is -2.32. The van der Waals surface area contributed by atoms with Crippen molar-refractivity contribution in [3.05, 3.63) is 41.2 Å². The summed E-state index contributed by atoms with van der Waals surface area (Å²) in [5, 5.41) is 16.7. The van der Waals surface area contributed by atoms with Crippen molar-refractivity contribution in [3.63, 3.8) is 0 Å². The van der Waals surface area contributed by atoms with Gasteiger partial charge in [0, 0.05) is 11.6 Å². The minimum atomic E-state index is -0.147. The number of hydrogen-bond donors (Lipinski definition) is 1. The second kappa shape index (κ2) is 7.92. The predicted molar refractivity (Wildman–Crippen MR) is 102 cm³/mol. The van der Waals surface area contributed by atoms with Crippen LogP contribution < -0.4 is 10.1 Å². The van der Waals surface area contributed by atoms with Crippen LogP contribution in [0.15, 0.2) is 35.4 Å². The average molecular weight is 392 g/mol. The molecule has 0 radical (unpaired) electrons. The van der Waals surface area contributed by atoms with Crippen LogP contribution >= 0.6 is 23.4 Å². The third-order valence-corrected chi connectivity index (χ3v) is 4.78. The van der Waals surface area contributed by atoms with Crippen LogP contribution in [0.3, 0.4) is 0 Å². The molecule has 0 bridgehead atoms. The van der Waals surface area contributed by atoms with Gasteiger partial charge in [0.1, 0.15) is 10.8 Å². The van der Waals surface area contributed by atoms with E-state index in [4.69, 9.17) is 16.3 Å². The van der Waals surface area contributed by atoms with Crippen molar-refractivity contribution in [2.45, 2.75) is 24.8 Å². The summed E-state index contributed by atoms with van der Waals surface area (Å²) in [7, 11) is 1.54. The second-order valence-corrected chi connectivity index (χ2v) is 7.24. The van der Waals surface area contributed by atoms with E-state index in [1.54, 1.807) is 29.8 Å². The monoisotopic (exact) mass is 391 g/mol. The molecule has 7 nitrogen and oxygen atoms in total. The Morgan fingerprint density at radius 2 is 2.12 bits per heavy atom. The molecule has 26 heavy (non-hydrogen) atoms. The zero-order chi connectivity index (χ0) is 18.7. The molecule has 2 aromatic heterocycles. The number of amides is 1. The molecule has 1 N–H and O–H groups in total. The molecule has 2 heterocycles. The maximum Gasteiger partial charge on any atom is 0.234 e. The molecular weight excluding hydrogens is 374 g/mol. The highest BCUT2D eigenvalue weighted by Crippen LogP contribution is 2.27. The molecule has 0 saturated heterocycles. The first-order valence-corrected chi connectivity index (χ1v) is 9.33. The lowest BCUT2D eigenvalue weighted by Crippen LogP contribution is -2.14. The molecule has 3 rings (SSSR count). The number of carbonyl (C=O) groups is 1. The molecule has 0 aliphatic heterocycles. The molecule has 1 amide bonds. The normalized spacial score (nSPS) is 11.1. The van der Waals surface area contributed by atoms with Gasteiger partial charge in [-0.15, -0.1) is 10.2 Å². The first-order chi connectivity index (χ1) is 12.5. The van der Waals surface area contributed by atoms with Crippen molar-refractivity contribution in [2.24, 2.45) is 0 Å². The summed E-state index contributed by atoms with van der Waals surface area (Å²) in [6.07, 6.45) is 0. The fraction of sp³-hybridized carbons (Fsp3) is 0.294. The molecule has 0 unspecified atom stereocenters. The van der Waals surface area contributed by atoms with Crippen molar-refractivity contribution in [3.8, 4) is 5.75 Å². The number of nitrogens with zero attached hydrogens (tertiary/aromatic N) is 4. The maximum atomic E-state index is 12.2. The van der Waals surface area contributed by atoms with E-state index in [1.807, 2.05) is 26.0 Å². The highest BCUT2D eigenvalue weighted by Gasteiger charge is 2.12. The zero-order valence-electron chi connectivity index (χ0n) is 14.6. The molecule has 0 aliphatic carbocycles. The Balaban J connectivity index is 1.65. The summed E-state index contributed by atoms with van der Waals surface area (Å²) in [6, 6.07) is 8.77. The van der Waals surface area contributed by atoms with Gasteiger partial charge in [-0.25, -0.2) is 0 Å². The van der Waals surface area contributed by atoms with Gasteiger partial charge in [0.25, 0.3) is 0 Å². The van der Waals surface area contributed by atoms with Crippen LogP contribution in [0.1, 0.15) is 25.6 Å². The Bertz CT molecular complexity index is 944. The van der Waals surface area contributed by atoms with Gasteiger partial charge < -0.3 is 10.1 Å². The first-order valence-electron chi connectivity index (χ1n) is 7.96. The highest BCUT2D eigenvalue weighted by molar-refractivity contribution is 7.99. The SMILES string of the molecule is COc1ccc(NC(=O)CSc2ccc3nnc(C(C)C)n3n2)cc1Cl. The van der Waals surface area contributed by atoms with E-state index < -0.39 is 0 Å². The zero-order valence-corrected chi connectivity index (χ0v) is 16.1. The van der Waals surface area contributed by atoms with Gasteiger partial charge in [0.2, 0.25) is 5.91 Å². The number of thioether (sulfide) groups is 1. The lowest BCUT2D eigenvalue weighted by molar-refractivity contribution is -0.113. The maximum absolute atomic E-state index is 12.2. The number of carbonyl (C=O) groups excluding carboxylic acids is 1. The Morgan fingerprint density at radius 1 is 1.31 bits per heavy atom. The number of aromatic nitrogens is 4. The largest absolute Gasteiger partial charge is 0.495 e. The lowest BCUT2D eigenvalue weighted by atomic mass is 10.2. The van der Waals surface area contributed by atoms with Crippen molar-refractivity contribution in [1.82, 2.24) is 19.8 Å². The number of methoxy groups -OCH3 is 1. The molecule has 0 spiro atoms. The number of fused-ring (bicyclic) bond motifs is 1. The van der Waals surface area contributed by atoms with Crippen LogP contribution in [0.2, 0.25) is 5.02 Å². The average Bonchev–Trinajstić information content (AvgIpc) is 3.03. The van der Waals surface area contributed by atoms with Gasteiger partial charge in [-0.2, -0.15) is 9.61 Å². The third-order valence-electron chi connectivity index (χ3n) is 3.57. The van der Waals surface area contributed by atoms with Crippen molar-refractivity contribution in [2.75, 3.05) is 18.2 Å². The Kier molecular flexibility index (Phi) is 5.63. The van der Waals surface area contributed by atoms with E-state index in [0.29, 0.717) is 22.1 Å². The summed E-state index contributed by atoms with van der Waals surface area (Å²) in [5.74, 6) is 1.64. The van der Waals surface area contributed by atoms with E-state index in [1.165, 1.54) is 11.8 Å². The fourth-order valence-corrected chi connectivity index (χ4v) is 3.22. The third kappa shape index (κ3) is 4.08. The van der Waals surface area contributed by atoms with E-state index in [-0.39, 0.29) is 17.6 Å². The molecule has 136 valence electrons. The molecular formula is C17H18ClN5O2S. The van der Waals surface area contributed by atoms with Crippen LogP contribution in [0.4, 0.5) is 5.69 Å².